The lowest BCUT2D eigenvalue weighted by Gasteiger charge is -2.34. The quantitative estimate of drug-likeness (QED) is 0.911. The van der Waals surface area contributed by atoms with Crippen LogP contribution in [0.15, 0.2) is 47.4 Å². The van der Waals surface area contributed by atoms with Crippen molar-refractivity contribution in [1.82, 2.24) is 9.62 Å². The van der Waals surface area contributed by atoms with Gasteiger partial charge in [-0.2, -0.15) is 4.31 Å². The third-order valence-corrected chi connectivity index (χ3v) is 6.29. The molecule has 0 aromatic heterocycles. The van der Waals surface area contributed by atoms with E-state index in [0.29, 0.717) is 11.1 Å². The highest BCUT2D eigenvalue weighted by atomic mass is 32.2. The van der Waals surface area contributed by atoms with Crippen molar-refractivity contribution >= 4 is 15.9 Å². The van der Waals surface area contributed by atoms with E-state index in [4.69, 9.17) is 0 Å². The smallest absolute Gasteiger partial charge is 0.244 e. The van der Waals surface area contributed by atoms with Crippen LogP contribution >= 0.6 is 0 Å². The highest BCUT2D eigenvalue weighted by Gasteiger charge is 2.40. The summed E-state index contributed by atoms with van der Waals surface area (Å²) in [4.78, 5) is 12.6. The fraction of sp³-hybridized carbons (Fsp3) is 0.278. The number of hydrogen-bond acceptors (Lipinski definition) is 3. The first-order valence-corrected chi connectivity index (χ1v) is 9.37. The number of amides is 1. The number of benzene rings is 2. The third kappa shape index (κ3) is 3.29. The molecule has 3 rings (SSSR count). The van der Waals surface area contributed by atoms with Gasteiger partial charge in [-0.05, 0) is 48.7 Å². The molecular weight excluding hydrogens is 343 g/mol. The first-order chi connectivity index (χ1) is 11.8. The standard InChI is InChI=1S/C18H19FN2O3S/c1-12-3-4-13(2)16(11-12)25(23,24)21-10-9-20-18(22)17(21)14-5-7-15(19)8-6-14/h3-8,11,17H,9-10H2,1-2H3,(H,20,22). The van der Waals surface area contributed by atoms with Gasteiger partial charge in [0.05, 0.1) is 4.90 Å². The molecule has 1 heterocycles. The number of sulfonamides is 1. The summed E-state index contributed by atoms with van der Waals surface area (Å²) in [6.45, 7) is 3.94. The van der Waals surface area contributed by atoms with Crippen molar-refractivity contribution in [2.75, 3.05) is 13.1 Å². The first kappa shape index (κ1) is 17.6. The number of hydrogen-bond donors (Lipinski definition) is 1. The van der Waals surface area contributed by atoms with E-state index in [9.17, 15) is 17.6 Å². The number of nitrogens with one attached hydrogen (secondary N) is 1. The topological polar surface area (TPSA) is 66.5 Å². The number of carbonyl (C=O) groups excluding carboxylic acids is 1. The van der Waals surface area contributed by atoms with Crippen molar-refractivity contribution in [2.24, 2.45) is 0 Å². The van der Waals surface area contributed by atoms with E-state index in [1.54, 1.807) is 19.1 Å². The van der Waals surface area contributed by atoms with Crippen LogP contribution in [0.25, 0.3) is 0 Å². The van der Waals surface area contributed by atoms with Crippen LogP contribution in [-0.2, 0) is 14.8 Å². The summed E-state index contributed by atoms with van der Waals surface area (Å²) in [7, 11) is -3.88. The monoisotopic (exact) mass is 362 g/mol. The zero-order chi connectivity index (χ0) is 18.2. The Kier molecular flexibility index (Phi) is 4.62. The number of halogens is 1. The van der Waals surface area contributed by atoms with Gasteiger partial charge >= 0.3 is 0 Å². The van der Waals surface area contributed by atoms with Crippen molar-refractivity contribution in [2.45, 2.75) is 24.8 Å². The molecule has 1 aliphatic heterocycles. The minimum absolute atomic E-state index is 0.156. The molecule has 1 atom stereocenters. The van der Waals surface area contributed by atoms with Gasteiger partial charge in [-0.15, -0.1) is 0 Å². The Morgan fingerprint density at radius 3 is 2.48 bits per heavy atom. The largest absolute Gasteiger partial charge is 0.353 e. The lowest BCUT2D eigenvalue weighted by atomic mass is 10.0. The second kappa shape index (κ2) is 6.57. The van der Waals surface area contributed by atoms with Crippen LogP contribution in [0.3, 0.4) is 0 Å². The molecule has 1 N–H and O–H groups in total. The Bertz CT molecular complexity index is 910. The minimum atomic E-state index is -3.88. The van der Waals surface area contributed by atoms with Gasteiger partial charge in [-0.3, -0.25) is 4.79 Å². The van der Waals surface area contributed by atoms with Crippen molar-refractivity contribution in [1.29, 1.82) is 0 Å². The summed E-state index contributed by atoms with van der Waals surface area (Å²) in [6.07, 6.45) is 0. The number of nitrogens with zero attached hydrogens (tertiary/aromatic N) is 1. The zero-order valence-corrected chi connectivity index (χ0v) is 14.8. The Labute approximate surface area is 146 Å². The van der Waals surface area contributed by atoms with Crippen molar-refractivity contribution in [3.63, 3.8) is 0 Å². The van der Waals surface area contributed by atoms with E-state index in [-0.39, 0.29) is 18.0 Å². The highest BCUT2D eigenvalue weighted by molar-refractivity contribution is 7.89. The second-order valence-electron chi connectivity index (χ2n) is 6.13. The normalized spacial score (nSPS) is 18.8. The van der Waals surface area contributed by atoms with Gasteiger partial charge in [-0.1, -0.05) is 24.3 Å². The summed E-state index contributed by atoms with van der Waals surface area (Å²) in [5.41, 5.74) is 1.88. The molecule has 1 unspecified atom stereocenters. The molecule has 1 amide bonds. The van der Waals surface area contributed by atoms with Gasteiger partial charge in [-0.25, -0.2) is 12.8 Å². The van der Waals surface area contributed by atoms with Gasteiger partial charge in [0, 0.05) is 13.1 Å². The molecule has 0 radical (unpaired) electrons. The molecule has 1 saturated heterocycles. The lowest BCUT2D eigenvalue weighted by molar-refractivity contribution is -0.126. The van der Waals surface area contributed by atoms with Crippen LogP contribution in [0, 0.1) is 19.7 Å². The van der Waals surface area contributed by atoms with E-state index in [1.807, 2.05) is 13.0 Å². The zero-order valence-electron chi connectivity index (χ0n) is 14.0. The molecule has 25 heavy (non-hydrogen) atoms. The molecule has 132 valence electrons. The van der Waals surface area contributed by atoms with Gasteiger partial charge in [0.25, 0.3) is 0 Å². The van der Waals surface area contributed by atoms with Gasteiger partial charge in [0.2, 0.25) is 15.9 Å². The number of aryl methyl sites for hydroxylation is 2. The van der Waals surface area contributed by atoms with Crippen molar-refractivity contribution in [3.8, 4) is 0 Å². The molecule has 1 fully saturated rings. The average Bonchev–Trinajstić information content (AvgIpc) is 2.57. The van der Waals surface area contributed by atoms with Gasteiger partial charge < -0.3 is 5.32 Å². The fourth-order valence-corrected chi connectivity index (χ4v) is 4.87. The maximum Gasteiger partial charge on any atom is 0.244 e. The molecule has 0 saturated carbocycles. The van der Waals surface area contributed by atoms with Crippen LogP contribution in [0.4, 0.5) is 4.39 Å². The van der Waals surface area contributed by atoms with Gasteiger partial charge in [0.1, 0.15) is 11.9 Å². The Morgan fingerprint density at radius 1 is 1.12 bits per heavy atom. The predicted octanol–water partition coefficient (Wildman–Crippen LogP) is 2.30. The SMILES string of the molecule is Cc1ccc(C)c(S(=O)(=O)N2CCNC(=O)C2c2ccc(F)cc2)c1. The first-order valence-electron chi connectivity index (χ1n) is 7.93. The summed E-state index contributed by atoms with van der Waals surface area (Å²) >= 11 is 0. The van der Waals surface area contributed by atoms with E-state index >= 15 is 0 Å². The van der Waals surface area contributed by atoms with Crippen LogP contribution < -0.4 is 5.32 Å². The average molecular weight is 362 g/mol. The van der Waals surface area contributed by atoms with Crippen LogP contribution in [-0.4, -0.2) is 31.7 Å². The van der Waals surface area contributed by atoms with Gasteiger partial charge in [0.15, 0.2) is 0 Å². The molecule has 1 aliphatic rings. The summed E-state index contributed by atoms with van der Waals surface area (Å²) in [5.74, 6) is -0.851. The predicted molar refractivity (Wildman–Crippen MR) is 92.0 cm³/mol. The summed E-state index contributed by atoms with van der Waals surface area (Å²) in [5, 5.41) is 2.69. The minimum Gasteiger partial charge on any atom is -0.353 e. The van der Waals surface area contributed by atoms with Crippen molar-refractivity contribution < 1.29 is 17.6 Å². The maximum absolute atomic E-state index is 13.2. The van der Waals surface area contributed by atoms with E-state index in [0.717, 1.165) is 5.56 Å². The lowest BCUT2D eigenvalue weighted by Crippen LogP contribution is -2.52. The fourth-order valence-electron chi connectivity index (χ4n) is 2.98. The maximum atomic E-state index is 13.2. The van der Waals surface area contributed by atoms with Crippen LogP contribution in [0.1, 0.15) is 22.7 Å². The second-order valence-corrected chi connectivity index (χ2v) is 7.99. The Hall–Kier alpha value is -2.25. The molecule has 0 aliphatic carbocycles. The number of piperazine rings is 1. The third-order valence-electron chi connectivity index (χ3n) is 4.28. The van der Waals surface area contributed by atoms with Crippen LogP contribution in [0.5, 0.6) is 0 Å². The van der Waals surface area contributed by atoms with E-state index in [2.05, 4.69) is 5.32 Å². The summed E-state index contributed by atoms with van der Waals surface area (Å²) in [6, 6.07) is 9.51. The highest BCUT2D eigenvalue weighted by Crippen LogP contribution is 2.31. The molecule has 0 spiro atoms. The van der Waals surface area contributed by atoms with Crippen molar-refractivity contribution in [3.05, 3.63) is 65.0 Å². The number of carbonyl (C=O) groups is 1. The molecule has 5 nitrogen and oxygen atoms in total. The van der Waals surface area contributed by atoms with E-state index < -0.39 is 27.8 Å². The summed E-state index contributed by atoms with van der Waals surface area (Å²) < 4.78 is 40.9. The molecule has 2 aromatic rings. The Balaban J connectivity index is 2.10. The molecular formula is C18H19FN2O3S. The molecule has 2 aromatic carbocycles. The van der Waals surface area contributed by atoms with E-state index in [1.165, 1.54) is 28.6 Å². The molecule has 0 bridgehead atoms. The number of rotatable bonds is 3. The molecule has 7 heteroatoms. The Morgan fingerprint density at radius 2 is 1.80 bits per heavy atom. The van der Waals surface area contributed by atoms with Crippen LogP contribution in [0.2, 0.25) is 0 Å².